The van der Waals surface area contributed by atoms with E-state index in [2.05, 4.69) is 44.3 Å². The summed E-state index contributed by atoms with van der Waals surface area (Å²) in [5.74, 6) is -0.442. The first-order valence-electron chi connectivity index (χ1n) is 11.2. The number of likely N-dealkylation sites (N-methyl/N-ethyl adjacent to an activating group) is 1. The third-order valence-electron chi connectivity index (χ3n) is 6.31. The zero-order valence-electron chi connectivity index (χ0n) is 19.0. The van der Waals surface area contributed by atoms with E-state index in [1.165, 1.54) is 17.8 Å². The largest absolute Gasteiger partial charge is 0.369 e. The molecule has 2 aromatic heterocycles. The Bertz CT molecular complexity index is 1350. The molecule has 7 nitrogen and oxygen atoms in total. The minimum atomic E-state index is -0.475. The summed E-state index contributed by atoms with van der Waals surface area (Å²) >= 11 is 0. The molecule has 0 spiro atoms. The molecule has 0 atom stereocenters. The zero-order valence-corrected chi connectivity index (χ0v) is 19.0. The van der Waals surface area contributed by atoms with E-state index in [0.717, 1.165) is 42.0 Å². The minimum Gasteiger partial charge on any atom is -0.369 e. The van der Waals surface area contributed by atoms with Gasteiger partial charge in [0.2, 0.25) is 0 Å². The molecule has 8 heteroatoms. The van der Waals surface area contributed by atoms with Gasteiger partial charge in [-0.05, 0) is 36.7 Å². The standard InChI is InChI=1S/C25H27FN6O/c1-16(2)19-5-4-6-20(26)25(19)32-22(33)15-21-24(29-32)23(28-27-21)17-7-9-18(10-8-17)31-13-11-30(3)12-14-31/h4-10,15-16,27H,11-14H2,1-3H3. The lowest BCUT2D eigenvalue weighted by Crippen LogP contribution is -2.44. The number of anilines is 1. The van der Waals surface area contributed by atoms with E-state index >= 15 is 0 Å². The van der Waals surface area contributed by atoms with Crippen LogP contribution in [0.25, 0.3) is 28.0 Å². The van der Waals surface area contributed by atoms with Crippen molar-refractivity contribution < 1.29 is 4.39 Å². The van der Waals surface area contributed by atoms with Crippen molar-refractivity contribution in [3.8, 4) is 16.9 Å². The van der Waals surface area contributed by atoms with Gasteiger partial charge in [-0.25, -0.2) is 4.39 Å². The van der Waals surface area contributed by atoms with Crippen LogP contribution in [-0.4, -0.2) is 58.1 Å². The smallest absolute Gasteiger partial charge is 0.273 e. The van der Waals surface area contributed by atoms with E-state index in [1.807, 2.05) is 32.0 Å². The Hall–Kier alpha value is -3.52. The zero-order chi connectivity index (χ0) is 23.1. The molecule has 33 heavy (non-hydrogen) atoms. The molecule has 5 rings (SSSR count). The predicted octanol–water partition coefficient (Wildman–Crippen LogP) is 3.79. The van der Waals surface area contributed by atoms with Crippen LogP contribution in [0.3, 0.4) is 0 Å². The van der Waals surface area contributed by atoms with Crippen LogP contribution in [-0.2, 0) is 0 Å². The van der Waals surface area contributed by atoms with Gasteiger partial charge in [0.15, 0.2) is 0 Å². The molecular formula is C25H27FN6O. The highest BCUT2D eigenvalue weighted by Crippen LogP contribution is 2.28. The number of aromatic amines is 1. The number of hydrogen-bond donors (Lipinski definition) is 1. The molecule has 3 heterocycles. The van der Waals surface area contributed by atoms with Crippen LogP contribution in [0.15, 0.2) is 53.3 Å². The van der Waals surface area contributed by atoms with Crippen molar-refractivity contribution in [1.29, 1.82) is 0 Å². The Labute approximate surface area is 191 Å². The second-order valence-electron chi connectivity index (χ2n) is 8.90. The SMILES string of the molecule is CC(C)c1cccc(F)c1-n1nc2c(-c3ccc(N4CCN(C)CC4)cc3)n[nH]c2cc1=O. The number of halogens is 1. The molecule has 2 aromatic carbocycles. The van der Waals surface area contributed by atoms with Crippen LogP contribution in [0.5, 0.6) is 0 Å². The molecule has 170 valence electrons. The first kappa shape index (κ1) is 21.3. The van der Waals surface area contributed by atoms with Crippen molar-refractivity contribution in [1.82, 2.24) is 24.9 Å². The molecule has 1 saturated heterocycles. The molecule has 0 amide bonds. The van der Waals surface area contributed by atoms with Crippen LogP contribution in [0.2, 0.25) is 0 Å². The van der Waals surface area contributed by atoms with Gasteiger partial charge in [0.25, 0.3) is 5.56 Å². The molecule has 4 aromatic rings. The van der Waals surface area contributed by atoms with Gasteiger partial charge in [-0.15, -0.1) is 0 Å². The Morgan fingerprint density at radius 3 is 2.45 bits per heavy atom. The summed E-state index contributed by atoms with van der Waals surface area (Å²) in [6, 6.07) is 14.5. The summed E-state index contributed by atoms with van der Waals surface area (Å²) in [5, 5.41) is 11.9. The lowest BCUT2D eigenvalue weighted by molar-refractivity contribution is 0.313. The first-order chi connectivity index (χ1) is 15.9. The number of piperazine rings is 1. The van der Waals surface area contributed by atoms with E-state index in [9.17, 15) is 9.18 Å². The van der Waals surface area contributed by atoms with E-state index in [-0.39, 0.29) is 11.6 Å². The quantitative estimate of drug-likeness (QED) is 0.517. The van der Waals surface area contributed by atoms with Crippen LogP contribution < -0.4 is 10.5 Å². The maximum Gasteiger partial charge on any atom is 0.273 e. The Morgan fingerprint density at radius 2 is 1.76 bits per heavy atom. The molecule has 1 aliphatic heterocycles. The number of fused-ring (bicyclic) bond motifs is 1. The summed E-state index contributed by atoms with van der Waals surface area (Å²) in [7, 11) is 2.14. The molecule has 0 saturated carbocycles. The average Bonchev–Trinajstić information content (AvgIpc) is 3.21. The minimum absolute atomic E-state index is 0.0334. The van der Waals surface area contributed by atoms with Crippen molar-refractivity contribution in [3.63, 3.8) is 0 Å². The normalized spacial score (nSPS) is 15.0. The summed E-state index contributed by atoms with van der Waals surface area (Å²) in [5.41, 5.74) is 4.25. The maximum absolute atomic E-state index is 14.8. The van der Waals surface area contributed by atoms with Crippen LogP contribution in [0.1, 0.15) is 25.3 Å². The predicted molar refractivity (Wildman–Crippen MR) is 129 cm³/mol. The van der Waals surface area contributed by atoms with Gasteiger partial charge in [-0.1, -0.05) is 38.1 Å². The summed E-state index contributed by atoms with van der Waals surface area (Å²) in [6.45, 7) is 8.01. The number of para-hydroxylation sites is 1. The molecule has 1 aliphatic rings. The Balaban J connectivity index is 1.56. The highest BCUT2D eigenvalue weighted by Gasteiger charge is 2.19. The molecular weight excluding hydrogens is 419 g/mol. The second-order valence-corrected chi connectivity index (χ2v) is 8.90. The number of H-pyrrole nitrogens is 1. The van der Waals surface area contributed by atoms with Gasteiger partial charge < -0.3 is 9.80 Å². The lowest BCUT2D eigenvalue weighted by atomic mass is 10.0. The molecule has 0 radical (unpaired) electrons. The van der Waals surface area contributed by atoms with E-state index in [0.29, 0.717) is 16.7 Å². The van der Waals surface area contributed by atoms with Gasteiger partial charge >= 0.3 is 0 Å². The summed E-state index contributed by atoms with van der Waals surface area (Å²) in [6.07, 6.45) is 0. The summed E-state index contributed by atoms with van der Waals surface area (Å²) in [4.78, 5) is 17.5. The maximum atomic E-state index is 14.8. The number of nitrogens with zero attached hydrogens (tertiary/aromatic N) is 5. The molecule has 0 unspecified atom stereocenters. The number of benzene rings is 2. The monoisotopic (exact) mass is 446 g/mol. The van der Waals surface area contributed by atoms with E-state index in [4.69, 9.17) is 0 Å². The number of nitrogens with one attached hydrogen (secondary N) is 1. The molecule has 1 fully saturated rings. The fourth-order valence-electron chi connectivity index (χ4n) is 4.36. The third kappa shape index (κ3) is 3.91. The van der Waals surface area contributed by atoms with Crippen molar-refractivity contribution in [3.05, 3.63) is 70.3 Å². The number of hydrogen-bond acceptors (Lipinski definition) is 5. The van der Waals surface area contributed by atoms with Crippen LogP contribution in [0.4, 0.5) is 10.1 Å². The van der Waals surface area contributed by atoms with Crippen molar-refractivity contribution in [2.24, 2.45) is 0 Å². The Morgan fingerprint density at radius 1 is 1.03 bits per heavy atom. The van der Waals surface area contributed by atoms with Gasteiger partial charge in [-0.2, -0.15) is 14.9 Å². The average molecular weight is 447 g/mol. The third-order valence-corrected chi connectivity index (χ3v) is 6.31. The summed E-state index contributed by atoms with van der Waals surface area (Å²) < 4.78 is 16.0. The lowest BCUT2D eigenvalue weighted by Gasteiger charge is -2.34. The highest BCUT2D eigenvalue weighted by molar-refractivity contribution is 5.89. The fourth-order valence-corrected chi connectivity index (χ4v) is 4.36. The Kier molecular flexibility index (Phi) is 5.46. The molecule has 1 N–H and O–H groups in total. The topological polar surface area (TPSA) is 70.1 Å². The van der Waals surface area contributed by atoms with Gasteiger partial charge in [0.05, 0.1) is 5.52 Å². The van der Waals surface area contributed by atoms with Crippen molar-refractivity contribution in [2.75, 3.05) is 38.1 Å². The first-order valence-corrected chi connectivity index (χ1v) is 11.2. The van der Waals surface area contributed by atoms with E-state index < -0.39 is 11.4 Å². The number of rotatable bonds is 4. The molecule has 0 aliphatic carbocycles. The van der Waals surface area contributed by atoms with Crippen LogP contribution in [0, 0.1) is 5.82 Å². The van der Waals surface area contributed by atoms with Crippen molar-refractivity contribution in [2.45, 2.75) is 19.8 Å². The fraction of sp³-hybridized carbons (Fsp3) is 0.320. The van der Waals surface area contributed by atoms with E-state index in [1.54, 1.807) is 6.07 Å². The highest BCUT2D eigenvalue weighted by atomic mass is 19.1. The second kappa shape index (κ2) is 8.44. The van der Waals surface area contributed by atoms with Crippen LogP contribution >= 0.6 is 0 Å². The van der Waals surface area contributed by atoms with Gasteiger partial charge in [0.1, 0.15) is 22.7 Å². The van der Waals surface area contributed by atoms with Crippen molar-refractivity contribution >= 4 is 16.7 Å². The van der Waals surface area contributed by atoms with Gasteiger partial charge in [0, 0.05) is 43.5 Å². The van der Waals surface area contributed by atoms with Gasteiger partial charge in [-0.3, -0.25) is 9.89 Å². The molecule has 0 bridgehead atoms. The number of aromatic nitrogens is 4.